The maximum Gasteiger partial charge on any atom is 0.270 e. The molecule has 2 heterocycles. The van der Waals surface area contributed by atoms with Crippen LogP contribution in [0.25, 0.3) is 11.4 Å². The van der Waals surface area contributed by atoms with Gasteiger partial charge in [-0.05, 0) is 25.1 Å². The summed E-state index contributed by atoms with van der Waals surface area (Å²) >= 11 is 1.24. The molecule has 0 radical (unpaired) electrons. The number of nitro groups is 1. The molecule has 0 unspecified atom stereocenters. The zero-order valence-electron chi connectivity index (χ0n) is 15.4. The van der Waals surface area contributed by atoms with Crippen molar-refractivity contribution in [3.8, 4) is 22.9 Å². The molecule has 0 saturated heterocycles. The van der Waals surface area contributed by atoms with Gasteiger partial charge in [-0.1, -0.05) is 23.9 Å². The number of hydrogen-bond donors (Lipinski definition) is 0. The molecule has 0 atom stereocenters. The van der Waals surface area contributed by atoms with Crippen molar-refractivity contribution in [2.75, 3.05) is 12.5 Å². The van der Waals surface area contributed by atoms with Gasteiger partial charge in [0.1, 0.15) is 0 Å². The molecular formula is C19H16N4O5S. The van der Waals surface area contributed by atoms with E-state index in [2.05, 4.69) is 10.2 Å². The van der Waals surface area contributed by atoms with Crippen LogP contribution in [0.1, 0.15) is 17.3 Å². The van der Waals surface area contributed by atoms with Gasteiger partial charge in [-0.3, -0.25) is 14.9 Å². The summed E-state index contributed by atoms with van der Waals surface area (Å²) in [5, 5.41) is 20.0. The fourth-order valence-corrected chi connectivity index (χ4v) is 3.83. The number of aromatic nitrogens is 3. The number of ketones is 1. The molecule has 148 valence electrons. The number of non-ortho nitro benzene ring substituents is 1. The number of ether oxygens (including phenoxy) is 2. The molecule has 9 nitrogen and oxygen atoms in total. The zero-order valence-corrected chi connectivity index (χ0v) is 16.2. The fourth-order valence-electron chi connectivity index (χ4n) is 2.94. The molecule has 0 bridgehead atoms. The van der Waals surface area contributed by atoms with Gasteiger partial charge in [0.15, 0.2) is 28.3 Å². The largest absolute Gasteiger partial charge is 0.454 e. The highest BCUT2D eigenvalue weighted by Crippen LogP contribution is 2.36. The first-order valence-corrected chi connectivity index (χ1v) is 9.79. The Labute approximate surface area is 169 Å². The summed E-state index contributed by atoms with van der Waals surface area (Å²) < 4.78 is 12.7. The van der Waals surface area contributed by atoms with Gasteiger partial charge in [0.2, 0.25) is 6.79 Å². The number of Topliss-reactive ketones (excluding diaryl/α,β-unsaturated/α-hetero) is 1. The number of rotatable bonds is 7. The summed E-state index contributed by atoms with van der Waals surface area (Å²) in [6.07, 6.45) is 0. The van der Waals surface area contributed by atoms with E-state index in [0.29, 0.717) is 34.6 Å². The van der Waals surface area contributed by atoms with Crippen molar-refractivity contribution in [1.82, 2.24) is 14.8 Å². The maximum atomic E-state index is 12.5. The lowest BCUT2D eigenvalue weighted by Gasteiger charge is -2.08. The topological polar surface area (TPSA) is 109 Å². The Balaban J connectivity index is 1.52. The van der Waals surface area contributed by atoms with Crippen LogP contribution in [-0.2, 0) is 6.54 Å². The number of fused-ring (bicyclic) bond motifs is 1. The molecule has 29 heavy (non-hydrogen) atoms. The van der Waals surface area contributed by atoms with Crippen LogP contribution in [0.4, 0.5) is 5.69 Å². The quantitative estimate of drug-likeness (QED) is 0.251. The third kappa shape index (κ3) is 3.79. The number of nitro benzene ring substituents is 1. The lowest BCUT2D eigenvalue weighted by molar-refractivity contribution is -0.384. The normalized spacial score (nSPS) is 12.2. The summed E-state index contributed by atoms with van der Waals surface area (Å²) in [5.74, 6) is 1.89. The van der Waals surface area contributed by atoms with E-state index in [-0.39, 0.29) is 24.0 Å². The summed E-state index contributed by atoms with van der Waals surface area (Å²) in [6.45, 7) is 2.77. The lowest BCUT2D eigenvalue weighted by Crippen LogP contribution is -2.05. The minimum atomic E-state index is -0.519. The molecule has 0 spiro atoms. The lowest BCUT2D eigenvalue weighted by atomic mass is 10.1. The molecule has 1 aromatic heterocycles. The van der Waals surface area contributed by atoms with Crippen LogP contribution in [-0.4, -0.2) is 38.0 Å². The first-order valence-electron chi connectivity index (χ1n) is 8.80. The molecule has 0 aliphatic carbocycles. The monoisotopic (exact) mass is 412 g/mol. The highest BCUT2D eigenvalue weighted by molar-refractivity contribution is 7.99. The number of hydrogen-bond acceptors (Lipinski definition) is 8. The van der Waals surface area contributed by atoms with Crippen molar-refractivity contribution in [1.29, 1.82) is 0 Å². The van der Waals surface area contributed by atoms with E-state index >= 15 is 0 Å². The van der Waals surface area contributed by atoms with Crippen molar-refractivity contribution in [3.05, 3.63) is 58.1 Å². The van der Waals surface area contributed by atoms with Gasteiger partial charge in [-0.2, -0.15) is 0 Å². The van der Waals surface area contributed by atoms with E-state index < -0.39 is 4.92 Å². The van der Waals surface area contributed by atoms with Gasteiger partial charge in [0.05, 0.1) is 10.7 Å². The number of carbonyl (C=O) groups excluding carboxylic acids is 1. The van der Waals surface area contributed by atoms with Crippen molar-refractivity contribution in [3.63, 3.8) is 0 Å². The van der Waals surface area contributed by atoms with Gasteiger partial charge < -0.3 is 14.0 Å². The Morgan fingerprint density at radius 2 is 2.03 bits per heavy atom. The SMILES string of the molecule is CCn1c(SCC(=O)c2cccc([N+](=O)[O-])c2)nnc1-c1ccc2c(c1)OCO2. The molecule has 10 heteroatoms. The smallest absolute Gasteiger partial charge is 0.270 e. The standard InChI is InChI=1S/C19H16N4O5S/c1-2-22-18(13-6-7-16-17(9-13)28-11-27-16)20-21-19(22)29-10-15(24)12-4-3-5-14(8-12)23(25)26/h3-9H,2,10-11H2,1H3. The van der Waals surface area contributed by atoms with Crippen LogP contribution in [0.3, 0.4) is 0 Å². The second-order valence-corrected chi connectivity index (χ2v) is 7.08. The first-order chi connectivity index (χ1) is 14.1. The highest BCUT2D eigenvalue weighted by Gasteiger charge is 2.19. The van der Waals surface area contributed by atoms with E-state index in [1.165, 1.54) is 30.0 Å². The van der Waals surface area contributed by atoms with E-state index in [1.807, 2.05) is 29.7 Å². The molecule has 1 aliphatic heterocycles. The Morgan fingerprint density at radius 3 is 2.83 bits per heavy atom. The van der Waals surface area contributed by atoms with Crippen LogP contribution in [0.15, 0.2) is 47.6 Å². The molecule has 0 N–H and O–H groups in total. The predicted molar refractivity (Wildman–Crippen MR) is 105 cm³/mol. The minimum Gasteiger partial charge on any atom is -0.454 e. The Bertz CT molecular complexity index is 1100. The van der Waals surface area contributed by atoms with Crippen LogP contribution >= 0.6 is 11.8 Å². The highest BCUT2D eigenvalue weighted by atomic mass is 32.2. The van der Waals surface area contributed by atoms with Crippen molar-refractivity contribution in [2.24, 2.45) is 0 Å². The Morgan fingerprint density at radius 1 is 1.21 bits per heavy atom. The van der Waals surface area contributed by atoms with Gasteiger partial charge in [-0.15, -0.1) is 10.2 Å². The number of nitrogens with zero attached hydrogens (tertiary/aromatic N) is 4. The number of carbonyl (C=O) groups is 1. The second kappa shape index (κ2) is 7.92. The van der Waals surface area contributed by atoms with Crippen molar-refractivity contribution >= 4 is 23.2 Å². The second-order valence-electron chi connectivity index (χ2n) is 6.14. The molecule has 0 fully saturated rings. The third-order valence-corrected chi connectivity index (χ3v) is 5.34. The molecule has 3 aromatic rings. The van der Waals surface area contributed by atoms with Crippen molar-refractivity contribution in [2.45, 2.75) is 18.6 Å². The Kier molecular flexibility index (Phi) is 5.17. The van der Waals surface area contributed by atoms with Gasteiger partial charge in [0, 0.05) is 29.8 Å². The fraction of sp³-hybridized carbons (Fsp3) is 0.211. The molecule has 0 amide bonds. The molecule has 4 rings (SSSR count). The Hall–Kier alpha value is -3.40. The van der Waals surface area contributed by atoms with Crippen LogP contribution in [0.5, 0.6) is 11.5 Å². The molecular weight excluding hydrogens is 396 g/mol. The summed E-state index contributed by atoms with van der Waals surface area (Å²) in [4.78, 5) is 22.8. The summed E-state index contributed by atoms with van der Waals surface area (Å²) in [5.41, 5.74) is 1.02. The molecule has 1 aliphatic rings. The van der Waals surface area contributed by atoms with Crippen LogP contribution in [0, 0.1) is 10.1 Å². The first kappa shape index (κ1) is 18.9. The number of thioether (sulfide) groups is 1. The molecule has 2 aromatic carbocycles. The minimum absolute atomic E-state index is 0.0977. The molecule has 0 saturated carbocycles. The maximum absolute atomic E-state index is 12.5. The summed E-state index contributed by atoms with van der Waals surface area (Å²) in [7, 11) is 0. The zero-order chi connectivity index (χ0) is 20.4. The van der Waals surface area contributed by atoms with Gasteiger partial charge in [-0.25, -0.2) is 0 Å². The van der Waals surface area contributed by atoms with Gasteiger partial charge >= 0.3 is 0 Å². The van der Waals surface area contributed by atoms with Crippen LogP contribution < -0.4 is 9.47 Å². The average Bonchev–Trinajstić information content (AvgIpc) is 3.37. The van der Waals surface area contributed by atoms with E-state index in [1.54, 1.807) is 6.07 Å². The van der Waals surface area contributed by atoms with E-state index in [9.17, 15) is 14.9 Å². The summed E-state index contributed by atoms with van der Waals surface area (Å²) in [6, 6.07) is 11.3. The van der Waals surface area contributed by atoms with E-state index in [4.69, 9.17) is 9.47 Å². The average molecular weight is 412 g/mol. The third-order valence-electron chi connectivity index (χ3n) is 4.38. The number of benzene rings is 2. The predicted octanol–water partition coefficient (Wildman–Crippen LogP) is 3.58. The van der Waals surface area contributed by atoms with E-state index in [0.717, 1.165) is 5.56 Å². The van der Waals surface area contributed by atoms with Gasteiger partial charge in [0.25, 0.3) is 5.69 Å². The van der Waals surface area contributed by atoms with Crippen LogP contribution in [0.2, 0.25) is 0 Å². The van der Waals surface area contributed by atoms with Crippen molar-refractivity contribution < 1.29 is 19.2 Å².